The maximum atomic E-state index is 12.6. The van der Waals surface area contributed by atoms with E-state index < -0.39 is 0 Å². The summed E-state index contributed by atoms with van der Waals surface area (Å²) in [7, 11) is 0. The van der Waals surface area contributed by atoms with E-state index >= 15 is 0 Å². The van der Waals surface area contributed by atoms with Gasteiger partial charge in [-0.1, -0.05) is 17.3 Å². The lowest BCUT2D eigenvalue weighted by atomic mass is 10.2. The van der Waals surface area contributed by atoms with Crippen molar-refractivity contribution in [1.29, 1.82) is 0 Å². The first kappa shape index (κ1) is 10.8. The Morgan fingerprint density at radius 1 is 1.25 bits per heavy atom. The largest absolute Gasteiger partial charge is 0.360 e. The Morgan fingerprint density at radius 2 is 2.00 bits per heavy atom. The highest BCUT2D eigenvalue weighted by Crippen LogP contribution is 2.04. The number of rotatable bonds is 4. The van der Waals surface area contributed by atoms with E-state index in [1.165, 1.54) is 12.1 Å². The average molecular weight is 220 g/mol. The Balaban J connectivity index is 1.82. The maximum absolute atomic E-state index is 12.6. The van der Waals surface area contributed by atoms with E-state index in [4.69, 9.17) is 4.52 Å². The second-order valence-corrected chi connectivity index (χ2v) is 3.66. The molecule has 84 valence electrons. The summed E-state index contributed by atoms with van der Waals surface area (Å²) in [5.74, 6) is 0.592. The molecule has 0 unspecified atom stereocenters. The second kappa shape index (κ2) is 4.90. The highest BCUT2D eigenvalue weighted by Gasteiger charge is 1.99. The van der Waals surface area contributed by atoms with Crippen molar-refractivity contribution in [2.24, 2.45) is 0 Å². The van der Waals surface area contributed by atoms with Gasteiger partial charge in [-0.3, -0.25) is 0 Å². The lowest BCUT2D eigenvalue weighted by Gasteiger charge is -2.02. The average Bonchev–Trinajstić information content (AvgIpc) is 2.67. The molecule has 4 heteroatoms. The molecular weight excluding hydrogens is 207 g/mol. The summed E-state index contributed by atoms with van der Waals surface area (Å²) >= 11 is 0. The molecule has 0 spiro atoms. The first-order valence-corrected chi connectivity index (χ1v) is 5.11. The summed E-state index contributed by atoms with van der Waals surface area (Å²) in [5.41, 5.74) is 1.91. The predicted octanol–water partition coefficient (Wildman–Crippen LogP) is 2.41. The zero-order chi connectivity index (χ0) is 11.4. The van der Waals surface area contributed by atoms with Gasteiger partial charge in [-0.25, -0.2) is 4.39 Å². The molecule has 0 radical (unpaired) electrons. The van der Waals surface area contributed by atoms with E-state index in [2.05, 4.69) is 10.5 Å². The van der Waals surface area contributed by atoms with Crippen LogP contribution in [0.2, 0.25) is 0 Å². The van der Waals surface area contributed by atoms with E-state index in [1.54, 1.807) is 12.1 Å². The summed E-state index contributed by atoms with van der Waals surface area (Å²) in [6, 6.07) is 8.31. The Hall–Kier alpha value is -1.68. The smallest absolute Gasteiger partial charge is 0.150 e. The quantitative estimate of drug-likeness (QED) is 0.859. The van der Waals surface area contributed by atoms with Crippen LogP contribution in [0.25, 0.3) is 0 Å². The van der Waals surface area contributed by atoms with Gasteiger partial charge in [0.1, 0.15) is 5.82 Å². The minimum Gasteiger partial charge on any atom is -0.360 e. The normalized spacial score (nSPS) is 10.6. The van der Waals surface area contributed by atoms with Crippen LogP contribution in [0.3, 0.4) is 0 Å². The van der Waals surface area contributed by atoms with Gasteiger partial charge in [0, 0.05) is 12.6 Å². The molecule has 0 saturated heterocycles. The number of nitrogens with one attached hydrogen (secondary N) is 1. The third kappa shape index (κ3) is 2.90. The fourth-order valence-electron chi connectivity index (χ4n) is 1.43. The van der Waals surface area contributed by atoms with Crippen molar-refractivity contribution in [2.45, 2.75) is 20.0 Å². The van der Waals surface area contributed by atoms with Crippen LogP contribution in [0, 0.1) is 12.7 Å². The molecule has 0 aliphatic rings. The predicted molar refractivity (Wildman–Crippen MR) is 58.2 cm³/mol. The molecule has 0 aliphatic carbocycles. The molecule has 1 N–H and O–H groups in total. The topological polar surface area (TPSA) is 38.1 Å². The molecule has 16 heavy (non-hydrogen) atoms. The van der Waals surface area contributed by atoms with Crippen LogP contribution in [-0.4, -0.2) is 5.16 Å². The summed E-state index contributed by atoms with van der Waals surface area (Å²) in [5, 5.41) is 6.98. The molecule has 1 aromatic heterocycles. The number of hydrogen-bond acceptors (Lipinski definition) is 3. The van der Waals surface area contributed by atoms with Crippen molar-refractivity contribution in [3.63, 3.8) is 0 Å². The summed E-state index contributed by atoms with van der Waals surface area (Å²) in [6.07, 6.45) is 0. The van der Waals surface area contributed by atoms with E-state index in [-0.39, 0.29) is 5.82 Å². The molecule has 1 heterocycles. The van der Waals surface area contributed by atoms with Gasteiger partial charge >= 0.3 is 0 Å². The fraction of sp³-hybridized carbons (Fsp3) is 0.250. The minimum absolute atomic E-state index is 0.213. The van der Waals surface area contributed by atoms with Gasteiger partial charge in [0.05, 0.1) is 12.2 Å². The summed E-state index contributed by atoms with van der Waals surface area (Å²) in [4.78, 5) is 0. The van der Waals surface area contributed by atoms with Crippen LogP contribution in [-0.2, 0) is 13.1 Å². The van der Waals surface area contributed by atoms with Crippen molar-refractivity contribution in [2.75, 3.05) is 0 Å². The molecule has 2 rings (SSSR count). The number of aromatic nitrogens is 1. The molecule has 2 aromatic rings. The van der Waals surface area contributed by atoms with Crippen molar-refractivity contribution in [1.82, 2.24) is 10.5 Å². The lowest BCUT2D eigenvalue weighted by Crippen LogP contribution is -2.12. The molecule has 0 saturated carbocycles. The van der Waals surface area contributed by atoms with Crippen LogP contribution in [0.5, 0.6) is 0 Å². The van der Waals surface area contributed by atoms with Gasteiger partial charge in [0.15, 0.2) is 5.76 Å². The Morgan fingerprint density at radius 3 is 2.62 bits per heavy atom. The van der Waals surface area contributed by atoms with E-state index in [0.29, 0.717) is 13.1 Å². The van der Waals surface area contributed by atoms with Crippen molar-refractivity contribution >= 4 is 0 Å². The van der Waals surface area contributed by atoms with Gasteiger partial charge in [-0.2, -0.15) is 0 Å². The summed E-state index contributed by atoms with van der Waals surface area (Å²) in [6.45, 7) is 3.19. The molecule has 0 atom stereocenters. The number of hydrogen-bond donors (Lipinski definition) is 1. The third-order valence-corrected chi connectivity index (χ3v) is 2.22. The monoisotopic (exact) mass is 220 g/mol. The lowest BCUT2D eigenvalue weighted by molar-refractivity contribution is 0.369. The number of nitrogens with zero attached hydrogens (tertiary/aromatic N) is 1. The van der Waals surface area contributed by atoms with Crippen molar-refractivity contribution in [3.05, 3.63) is 53.2 Å². The van der Waals surface area contributed by atoms with Gasteiger partial charge in [-0.05, 0) is 24.6 Å². The van der Waals surface area contributed by atoms with Gasteiger partial charge in [-0.15, -0.1) is 0 Å². The zero-order valence-corrected chi connectivity index (χ0v) is 9.03. The van der Waals surface area contributed by atoms with Crippen LogP contribution >= 0.6 is 0 Å². The first-order chi connectivity index (χ1) is 7.74. The number of benzene rings is 1. The molecular formula is C12H13FN2O. The first-order valence-electron chi connectivity index (χ1n) is 5.11. The van der Waals surface area contributed by atoms with Crippen LogP contribution < -0.4 is 5.32 Å². The van der Waals surface area contributed by atoms with Crippen molar-refractivity contribution < 1.29 is 8.91 Å². The standard InChI is InChI=1S/C12H13FN2O/c1-9-6-12(16-15-9)8-14-7-10-2-4-11(13)5-3-10/h2-6,14H,7-8H2,1H3. The summed E-state index contributed by atoms with van der Waals surface area (Å²) < 4.78 is 17.7. The molecule has 0 fully saturated rings. The van der Waals surface area contributed by atoms with Gasteiger partial charge < -0.3 is 9.84 Å². The second-order valence-electron chi connectivity index (χ2n) is 3.66. The van der Waals surface area contributed by atoms with E-state index in [9.17, 15) is 4.39 Å². The van der Waals surface area contributed by atoms with E-state index in [1.807, 2.05) is 13.0 Å². The molecule has 0 bridgehead atoms. The Bertz CT molecular complexity index is 450. The van der Waals surface area contributed by atoms with Crippen LogP contribution in [0.4, 0.5) is 4.39 Å². The number of aryl methyl sites for hydroxylation is 1. The highest BCUT2D eigenvalue weighted by atomic mass is 19.1. The number of halogens is 1. The van der Waals surface area contributed by atoms with E-state index in [0.717, 1.165) is 17.0 Å². The van der Waals surface area contributed by atoms with Crippen molar-refractivity contribution in [3.8, 4) is 0 Å². The molecule has 0 aliphatic heterocycles. The maximum Gasteiger partial charge on any atom is 0.150 e. The van der Waals surface area contributed by atoms with Gasteiger partial charge in [0.25, 0.3) is 0 Å². The molecule has 1 aromatic carbocycles. The minimum atomic E-state index is -0.213. The SMILES string of the molecule is Cc1cc(CNCc2ccc(F)cc2)on1. The molecule has 3 nitrogen and oxygen atoms in total. The Kier molecular flexibility index (Phi) is 3.31. The Labute approximate surface area is 93.3 Å². The zero-order valence-electron chi connectivity index (χ0n) is 9.03. The third-order valence-electron chi connectivity index (χ3n) is 2.22. The fourth-order valence-corrected chi connectivity index (χ4v) is 1.43. The van der Waals surface area contributed by atoms with Gasteiger partial charge in [0.2, 0.25) is 0 Å². The van der Waals surface area contributed by atoms with Crippen LogP contribution in [0.15, 0.2) is 34.9 Å². The van der Waals surface area contributed by atoms with Crippen LogP contribution in [0.1, 0.15) is 17.0 Å². The molecule has 0 amide bonds. The highest BCUT2D eigenvalue weighted by molar-refractivity contribution is 5.15.